The van der Waals surface area contributed by atoms with Gasteiger partial charge in [-0.3, -0.25) is 0 Å². The van der Waals surface area contributed by atoms with Crippen LogP contribution in [0.1, 0.15) is 25.3 Å². The van der Waals surface area contributed by atoms with Gasteiger partial charge in [-0.1, -0.05) is 13.3 Å². The van der Waals surface area contributed by atoms with Crippen LogP contribution in [-0.4, -0.2) is 28.2 Å². The first-order chi connectivity index (χ1) is 8.76. The number of anilines is 1. The SMILES string of the molecule is CCC(CCO)CNc1ncnc2c(C)csc12. The number of aromatic nitrogens is 2. The van der Waals surface area contributed by atoms with E-state index in [0.29, 0.717) is 5.92 Å². The van der Waals surface area contributed by atoms with Crippen molar-refractivity contribution in [3.8, 4) is 0 Å². The number of aliphatic hydroxyl groups excluding tert-OH is 1. The summed E-state index contributed by atoms with van der Waals surface area (Å²) in [6.07, 6.45) is 3.50. The van der Waals surface area contributed by atoms with E-state index < -0.39 is 0 Å². The van der Waals surface area contributed by atoms with Crippen LogP contribution in [0.15, 0.2) is 11.7 Å². The fourth-order valence-corrected chi connectivity index (χ4v) is 2.94. The Bertz CT molecular complexity index is 512. The Morgan fingerprint density at radius 2 is 2.28 bits per heavy atom. The molecular formula is C13H19N3OS. The van der Waals surface area contributed by atoms with Gasteiger partial charge < -0.3 is 10.4 Å². The molecule has 0 amide bonds. The highest BCUT2D eigenvalue weighted by Gasteiger charge is 2.10. The molecule has 5 heteroatoms. The van der Waals surface area contributed by atoms with E-state index in [1.807, 2.05) is 0 Å². The average Bonchev–Trinajstić information content (AvgIpc) is 2.77. The Hall–Kier alpha value is -1.20. The van der Waals surface area contributed by atoms with Crippen molar-refractivity contribution in [1.29, 1.82) is 0 Å². The molecule has 0 bridgehead atoms. The zero-order valence-corrected chi connectivity index (χ0v) is 11.6. The van der Waals surface area contributed by atoms with Crippen LogP contribution in [-0.2, 0) is 0 Å². The van der Waals surface area contributed by atoms with E-state index in [-0.39, 0.29) is 6.61 Å². The zero-order chi connectivity index (χ0) is 13.0. The summed E-state index contributed by atoms with van der Waals surface area (Å²) in [5.41, 5.74) is 2.23. The maximum atomic E-state index is 8.99. The van der Waals surface area contributed by atoms with Gasteiger partial charge in [0.15, 0.2) is 0 Å². The van der Waals surface area contributed by atoms with Crippen molar-refractivity contribution >= 4 is 27.4 Å². The number of hydrogen-bond acceptors (Lipinski definition) is 5. The molecule has 2 heterocycles. The van der Waals surface area contributed by atoms with Crippen LogP contribution in [0.4, 0.5) is 5.82 Å². The summed E-state index contributed by atoms with van der Waals surface area (Å²) in [5, 5.41) is 14.5. The van der Waals surface area contributed by atoms with Crippen LogP contribution in [0.2, 0.25) is 0 Å². The van der Waals surface area contributed by atoms with E-state index in [1.165, 1.54) is 5.56 Å². The van der Waals surface area contributed by atoms with Gasteiger partial charge in [0, 0.05) is 13.2 Å². The van der Waals surface area contributed by atoms with Crippen LogP contribution < -0.4 is 5.32 Å². The molecule has 2 rings (SSSR count). The maximum Gasteiger partial charge on any atom is 0.147 e. The summed E-state index contributed by atoms with van der Waals surface area (Å²) in [6.45, 7) is 5.31. The lowest BCUT2D eigenvalue weighted by molar-refractivity contribution is 0.258. The van der Waals surface area contributed by atoms with Gasteiger partial charge in [0.2, 0.25) is 0 Å². The summed E-state index contributed by atoms with van der Waals surface area (Å²) in [7, 11) is 0. The fourth-order valence-electron chi connectivity index (χ4n) is 1.97. The van der Waals surface area contributed by atoms with Crippen molar-refractivity contribution in [1.82, 2.24) is 9.97 Å². The lowest BCUT2D eigenvalue weighted by atomic mass is 10.0. The van der Waals surface area contributed by atoms with E-state index in [1.54, 1.807) is 17.7 Å². The number of nitrogens with zero attached hydrogens (tertiary/aromatic N) is 2. The molecule has 1 unspecified atom stereocenters. The fraction of sp³-hybridized carbons (Fsp3) is 0.538. The van der Waals surface area contributed by atoms with E-state index in [0.717, 1.165) is 35.4 Å². The Morgan fingerprint density at radius 3 is 3.00 bits per heavy atom. The molecule has 0 aliphatic heterocycles. The van der Waals surface area contributed by atoms with E-state index in [9.17, 15) is 0 Å². The molecule has 0 aliphatic carbocycles. The first kappa shape index (κ1) is 13.2. The maximum absolute atomic E-state index is 8.99. The monoisotopic (exact) mass is 265 g/mol. The molecule has 0 saturated carbocycles. The summed E-state index contributed by atoms with van der Waals surface area (Å²) in [6, 6.07) is 0. The van der Waals surface area contributed by atoms with Gasteiger partial charge >= 0.3 is 0 Å². The minimum atomic E-state index is 0.248. The molecule has 4 nitrogen and oxygen atoms in total. The van der Waals surface area contributed by atoms with Crippen molar-refractivity contribution in [3.05, 3.63) is 17.3 Å². The van der Waals surface area contributed by atoms with E-state index in [2.05, 4.69) is 34.5 Å². The minimum absolute atomic E-state index is 0.248. The molecule has 0 saturated heterocycles. The van der Waals surface area contributed by atoms with Gasteiger partial charge in [0.05, 0.1) is 10.2 Å². The normalized spacial score (nSPS) is 12.8. The topological polar surface area (TPSA) is 58.0 Å². The third-order valence-electron chi connectivity index (χ3n) is 3.20. The number of fused-ring (bicyclic) bond motifs is 1. The Kier molecular flexibility index (Phi) is 4.49. The van der Waals surface area contributed by atoms with Crippen LogP contribution in [0.25, 0.3) is 10.2 Å². The predicted molar refractivity (Wildman–Crippen MR) is 76.1 cm³/mol. The molecule has 0 aliphatic rings. The minimum Gasteiger partial charge on any atom is -0.396 e. The zero-order valence-electron chi connectivity index (χ0n) is 10.8. The number of aliphatic hydroxyl groups is 1. The van der Waals surface area contributed by atoms with Crippen molar-refractivity contribution in [3.63, 3.8) is 0 Å². The highest BCUT2D eigenvalue weighted by molar-refractivity contribution is 7.18. The predicted octanol–water partition coefficient (Wildman–Crippen LogP) is 2.82. The largest absolute Gasteiger partial charge is 0.396 e. The Morgan fingerprint density at radius 1 is 1.44 bits per heavy atom. The Labute approximate surface area is 111 Å². The number of aryl methyl sites for hydroxylation is 1. The molecule has 1 atom stereocenters. The van der Waals surface area contributed by atoms with E-state index >= 15 is 0 Å². The third-order valence-corrected chi connectivity index (χ3v) is 4.30. The molecule has 0 spiro atoms. The highest BCUT2D eigenvalue weighted by atomic mass is 32.1. The van der Waals surface area contributed by atoms with Gasteiger partial charge in [-0.05, 0) is 30.2 Å². The molecular weight excluding hydrogens is 246 g/mol. The van der Waals surface area contributed by atoms with Crippen LogP contribution in [0, 0.1) is 12.8 Å². The quantitative estimate of drug-likeness (QED) is 0.843. The van der Waals surface area contributed by atoms with Gasteiger partial charge in [-0.2, -0.15) is 0 Å². The molecule has 2 aromatic rings. The van der Waals surface area contributed by atoms with Crippen molar-refractivity contribution in [2.45, 2.75) is 26.7 Å². The smallest absolute Gasteiger partial charge is 0.147 e. The Balaban J connectivity index is 2.12. The van der Waals surface area contributed by atoms with E-state index in [4.69, 9.17) is 5.11 Å². The van der Waals surface area contributed by atoms with Gasteiger partial charge in [0.25, 0.3) is 0 Å². The number of nitrogens with one attached hydrogen (secondary N) is 1. The van der Waals surface area contributed by atoms with Crippen LogP contribution in [0.3, 0.4) is 0 Å². The number of hydrogen-bond donors (Lipinski definition) is 2. The second-order valence-corrected chi connectivity index (χ2v) is 5.37. The first-order valence-corrected chi connectivity index (χ1v) is 7.17. The summed E-state index contributed by atoms with van der Waals surface area (Å²) < 4.78 is 1.12. The second-order valence-electron chi connectivity index (χ2n) is 4.49. The molecule has 2 N–H and O–H groups in total. The van der Waals surface area contributed by atoms with Crippen molar-refractivity contribution < 1.29 is 5.11 Å². The lowest BCUT2D eigenvalue weighted by Crippen LogP contribution is -2.15. The van der Waals surface area contributed by atoms with Gasteiger partial charge in [-0.15, -0.1) is 11.3 Å². The standard InChI is InChI=1S/C13H19N3OS/c1-3-10(4-5-17)6-14-13-12-11(15-8-16-13)9(2)7-18-12/h7-8,10,17H,3-6H2,1-2H3,(H,14,15,16). The van der Waals surface area contributed by atoms with Crippen molar-refractivity contribution in [2.75, 3.05) is 18.5 Å². The molecule has 18 heavy (non-hydrogen) atoms. The van der Waals surface area contributed by atoms with Crippen LogP contribution in [0.5, 0.6) is 0 Å². The van der Waals surface area contributed by atoms with Gasteiger partial charge in [-0.25, -0.2) is 9.97 Å². The number of thiophene rings is 1. The van der Waals surface area contributed by atoms with Crippen LogP contribution >= 0.6 is 11.3 Å². The summed E-state index contributed by atoms with van der Waals surface area (Å²) in [4.78, 5) is 8.62. The summed E-state index contributed by atoms with van der Waals surface area (Å²) >= 11 is 1.68. The summed E-state index contributed by atoms with van der Waals surface area (Å²) in [5.74, 6) is 1.40. The molecule has 98 valence electrons. The third kappa shape index (κ3) is 2.79. The first-order valence-electron chi connectivity index (χ1n) is 6.29. The molecule has 0 fully saturated rings. The molecule has 2 aromatic heterocycles. The highest BCUT2D eigenvalue weighted by Crippen LogP contribution is 2.28. The van der Waals surface area contributed by atoms with Crippen molar-refractivity contribution in [2.24, 2.45) is 5.92 Å². The molecule has 0 radical (unpaired) electrons. The van der Waals surface area contributed by atoms with Gasteiger partial charge in [0.1, 0.15) is 12.1 Å². The average molecular weight is 265 g/mol. The number of rotatable bonds is 6. The molecule has 0 aromatic carbocycles. The lowest BCUT2D eigenvalue weighted by Gasteiger charge is -2.14. The second kappa shape index (κ2) is 6.11.